The van der Waals surface area contributed by atoms with Crippen LogP contribution in [0.3, 0.4) is 0 Å². The molecule has 1 aliphatic rings. The number of nitrogens with zero attached hydrogens (tertiary/aromatic N) is 1. The van der Waals surface area contributed by atoms with Crippen LogP contribution in [0.25, 0.3) is 0 Å². The van der Waals surface area contributed by atoms with Crippen LogP contribution in [0.5, 0.6) is 5.75 Å². The molecule has 1 aliphatic heterocycles. The Bertz CT molecular complexity index is 1170. The van der Waals surface area contributed by atoms with Crippen molar-refractivity contribution < 1.29 is 19.4 Å². The number of carbonyl (C=O) groups is 2. The van der Waals surface area contributed by atoms with Gasteiger partial charge in [-0.2, -0.15) is 0 Å². The third-order valence-electron chi connectivity index (χ3n) is 5.52. The monoisotopic (exact) mass is 435 g/mol. The third-order valence-corrected chi connectivity index (χ3v) is 5.76. The summed E-state index contributed by atoms with van der Waals surface area (Å²) in [5, 5.41) is 9.91. The summed E-state index contributed by atoms with van der Waals surface area (Å²) in [6.07, 6.45) is 0.0473. The number of ether oxygens (including phenoxy) is 1. The Kier molecular flexibility index (Phi) is 5.23. The molecule has 1 heterocycles. The summed E-state index contributed by atoms with van der Waals surface area (Å²) in [6, 6.07) is 19.2. The summed E-state index contributed by atoms with van der Waals surface area (Å²) in [4.78, 5) is 26.9. The highest BCUT2D eigenvalue weighted by molar-refractivity contribution is 6.31. The van der Waals surface area contributed by atoms with Gasteiger partial charge in [-0.05, 0) is 80.4 Å². The smallest absolute Gasteiger partial charge is 0.335 e. The van der Waals surface area contributed by atoms with Crippen LogP contribution in [0, 0.1) is 0 Å². The first-order valence-electron chi connectivity index (χ1n) is 9.97. The van der Waals surface area contributed by atoms with Crippen molar-refractivity contribution in [3.63, 3.8) is 0 Å². The molecule has 0 saturated carbocycles. The van der Waals surface area contributed by atoms with E-state index < -0.39 is 11.4 Å². The van der Waals surface area contributed by atoms with E-state index in [-0.39, 0.29) is 17.6 Å². The van der Waals surface area contributed by atoms with Crippen molar-refractivity contribution in [3.05, 3.63) is 88.4 Å². The van der Waals surface area contributed by atoms with Crippen LogP contribution in [0.15, 0.2) is 66.7 Å². The highest BCUT2D eigenvalue weighted by Gasteiger charge is 2.49. The zero-order valence-electron chi connectivity index (χ0n) is 17.4. The lowest BCUT2D eigenvalue weighted by Crippen LogP contribution is -2.36. The molecule has 5 nitrogen and oxygen atoms in total. The van der Waals surface area contributed by atoms with E-state index in [0.717, 1.165) is 16.9 Å². The van der Waals surface area contributed by atoms with Crippen LogP contribution >= 0.6 is 11.6 Å². The van der Waals surface area contributed by atoms with Gasteiger partial charge in [0.05, 0.1) is 22.8 Å². The minimum Gasteiger partial charge on any atom is -0.491 e. The van der Waals surface area contributed by atoms with E-state index in [1.165, 1.54) is 12.1 Å². The number of anilines is 2. The zero-order valence-corrected chi connectivity index (χ0v) is 18.2. The minimum atomic E-state index is -1.05. The summed E-state index contributed by atoms with van der Waals surface area (Å²) in [6.45, 7) is 5.78. The molecule has 31 heavy (non-hydrogen) atoms. The Morgan fingerprint density at radius 2 is 1.77 bits per heavy atom. The fourth-order valence-corrected chi connectivity index (χ4v) is 4.18. The quantitative estimate of drug-likeness (QED) is 0.549. The number of amides is 1. The number of hydrogen-bond donors (Lipinski definition) is 1. The van der Waals surface area contributed by atoms with Gasteiger partial charge in [-0.15, -0.1) is 0 Å². The number of carboxylic acid groups (broad SMARTS) is 1. The predicted octanol–water partition coefficient (Wildman–Crippen LogP) is 5.81. The van der Waals surface area contributed by atoms with Gasteiger partial charge in [0.1, 0.15) is 5.75 Å². The number of hydrogen-bond acceptors (Lipinski definition) is 3. The summed E-state index contributed by atoms with van der Waals surface area (Å²) in [5.74, 6) is -0.497. The topological polar surface area (TPSA) is 66.8 Å². The Morgan fingerprint density at radius 3 is 2.42 bits per heavy atom. The van der Waals surface area contributed by atoms with Crippen LogP contribution in [-0.4, -0.2) is 23.1 Å². The van der Waals surface area contributed by atoms with Crippen molar-refractivity contribution >= 4 is 34.9 Å². The molecule has 1 amide bonds. The molecular formula is C25H22ClNO4. The number of aromatic carboxylic acids is 1. The molecule has 158 valence electrons. The average molecular weight is 436 g/mol. The van der Waals surface area contributed by atoms with Gasteiger partial charge in [-0.3, -0.25) is 9.69 Å². The van der Waals surface area contributed by atoms with Gasteiger partial charge in [-0.1, -0.05) is 29.8 Å². The van der Waals surface area contributed by atoms with E-state index in [2.05, 4.69) is 0 Å². The summed E-state index contributed by atoms with van der Waals surface area (Å²) >= 11 is 6.30. The van der Waals surface area contributed by atoms with Crippen molar-refractivity contribution in [2.24, 2.45) is 0 Å². The molecule has 4 rings (SSSR count). The van der Waals surface area contributed by atoms with Crippen LogP contribution in [0.4, 0.5) is 11.4 Å². The number of fused-ring (bicyclic) bond motifs is 1. The van der Waals surface area contributed by atoms with Gasteiger partial charge in [0.25, 0.3) is 0 Å². The molecule has 6 heteroatoms. The summed E-state index contributed by atoms with van der Waals surface area (Å²) in [5.41, 5.74) is 1.87. The SMILES string of the molecule is CC(C)Oc1ccc(C2(C)C(=O)N(c3cccc(C(=O)O)c3)c3ccc(Cl)cc32)cc1. The molecular weight excluding hydrogens is 414 g/mol. The Labute approximate surface area is 185 Å². The second-order valence-corrected chi connectivity index (χ2v) is 8.41. The fraction of sp³-hybridized carbons (Fsp3) is 0.200. The Balaban J connectivity index is 1.85. The minimum absolute atomic E-state index is 0.0473. The number of halogens is 1. The van der Waals surface area contributed by atoms with Gasteiger partial charge in [-0.25, -0.2) is 4.79 Å². The molecule has 0 saturated heterocycles. The molecule has 3 aromatic rings. The molecule has 1 atom stereocenters. The highest BCUT2D eigenvalue weighted by atomic mass is 35.5. The molecule has 0 bridgehead atoms. The lowest BCUT2D eigenvalue weighted by molar-refractivity contribution is -0.120. The lowest BCUT2D eigenvalue weighted by Gasteiger charge is -2.25. The molecule has 0 aromatic heterocycles. The maximum atomic E-state index is 13.8. The van der Waals surface area contributed by atoms with Gasteiger partial charge in [0.15, 0.2) is 0 Å². The molecule has 0 radical (unpaired) electrons. The van der Waals surface area contributed by atoms with Crippen LogP contribution in [-0.2, 0) is 10.2 Å². The van der Waals surface area contributed by atoms with Gasteiger partial charge in [0, 0.05) is 10.7 Å². The van der Waals surface area contributed by atoms with E-state index in [0.29, 0.717) is 16.4 Å². The van der Waals surface area contributed by atoms with Crippen molar-refractivity contribution in [1.82, 2.24) is 0 Å². The summed E-state index contributed by atoms with van der Waals surface area (Å²) < 4.78 is 5.73. The number of carboxylic acids is 1. The number of carbonyl (C=O) groups excluding carboxylic acids is 1. The van der Waals surface area contributed by atoms with Gasteiger partial charge in [0.2, 0.25) is 5.91 Å². The van der Waals surface area contributed by atoms with Gasteiger partial charge < -0.3 is 9.84 Å². The maximum absolute atomic E-state index is 13.8. The fourth-order valence-electron chi connectivity index (χ4n) is 4.00. The standard InChI is InChI=1S/C25H22ClNO4/c1-15(2)31-20-10-7-17(8-11-20)25(3)21-14-18(26)9-12-22(21)27(24(25)30)19-6-4-5-16(13-19)23(28)29/h4-15H,1-3H3,(H,28,29). The molecule has 0 fully saturated rings. The van der Waals surface area contributed by atoms with Crippen LogP contribution in [0.2, 0.25) is 5.02 Å². The number of rotatable bonds is 5. The van der Waals surface area contributed by atoms with Crippen LogP contribution in [0.1, 0.15) is 42.3 Å². The first-order valence-corrected chi connectivity index (χ1v) is 10.3. The maximum Gasteiger partial charge on any atom is 0.335 e. The lowest BCUT2D eigenvalue weighted by atomic mass is 9.77. The molecule has 0 aliphatic carbocycles. The second-order valence-electron chi connectivity index (χ2n) is 7.97. The van der Waals surface area contributed by atoms with E-state index in [1.807, 2.05) is 45.0 Å². The normalized spacial score (nSPS) is 17.7. The van der Waals surface area contributed by atoms with E-state index in [4.69, 9.17) is 16.3 Å². The Morgan fingerprint density at radius 1 is 1.06 bits per heavy atom. The van der Waals surface area contributed by atoms with Crippen molar-refractivity contribution in [3.8, 4) is 5.75 Å². The van der Waals surface area contributed by atoms with Crippen molar-refractivity contribution in [2.75, 3.05) is 4.90 Å². The highest BCUT2D eigenvalue weighted by Crippen LogP contribution is 2.50. The average Bonchev–Trinajstić information content (AvgIpc) is 2.96. The summed E-state index contributed by atoms with van der Waals surface area (Å²) in [7, 11) is 0. The van der Waals surface area contributed by atoms with Crippen molar-refractivity contribution in [1.29, 1.82) is 0 Å². The zero-order chi connectivity index (χ0) is 22.3. The second kappa shape index (κ2) is 7.75. The largest absolute Gasteiger partial charge is 0.491 e. The molecule has 1 unspecified atom stereocenters. The van der Waals surface area contributed by atoms with Crippen molar-refractivity contribution in [2.45, 2.75) is 32.3 Å². The van der Waals surface area contributed by atoms with E-state index in [1.54, 1.807) is 35.2 Å². The van der Waals surface area contributed by atoms with E-state index in [9.17, 15) is 14.7 Å². The number of benzene rings is 3. The first-order chi connectivity index (χ1) is 14.7. The molecule has 3 aromatic carbocycles. The van der Waals surface area contributed by atoms with E-state index >= 15 is 0 Å². The predicted molar refractivity (Wildman–Crippen MR) is 121 cm³/mol. The Hall–Kier alpha value is -3.31. The first kappa shape index (κ1) is 20.9. The third kappa shape index (κ3) is 3.55. The molecule has 1 N–H and O–H groups in total. The molecule has 0 spiro atoms. The van der Waals surface area contributed by atoms with Crippen LogP contribution < -0.4 is 9.64 Å². The van der Waals surface area contributed by atoms with Gasteiger partial charge >= 0.3 is 5.97 Å².